The predicted octanol–water partition coefficient (Wildman–Crippen LogP) is 4.25. The molecule has 1 aliphatic rings. The highest BCUT2D eigenvalue weighted by Crippen LogP contribution is 2.27. The number of benzene rings is 2. The van der Waals surface area contributed by atoms with Crippen molar-refractivity contribution < 1.29 is 23.1 Å². The summed E-state index contributed by atoms with van der Waals surface area (Å²) in [5.41, 5.74) is 1.40. The number of hydrogen-bond acceptors (Lipinski definition) is 5. The standard InChI is InChI=1S/C23H18FN3O4/c24-19-12-17(6-7-20(19)27-9-2-5-21(27)28)26-23(29)22-16(8-10-30-22)14-31-18-4-1-3-15(11-18)13-25/h1,3-4,6-8,10-12H,2,5,9,14H2,(H,26,29). The first kappa shape index (κ1) is 20.2. The van der Waals surface area contributed by atoms with Gasteiger partial charge >= 0.3 is 0 Å². The minimum atomic E-state index is -0.589. The van der Waals surface area contributed by atoms with Gasteiger partial charge < -0.3 is 19.4 Å². The van der Waals surface area contributed by atoms with Crippen LogP contribution >= 0.6 is 0 Å². The molecule has 2 heterocycles. The maximum Gasteiger partial charge on any atom is 0.291 e. The van der Waals surface area contributed by atoms with Gasteiger partial charge in [-0.2, -0.15) is 5.26 Å². The van der Waals surface area contributed by atoms with E-state index in [1.54, 1.807) is 30.3 Å². The van der Waals surface area contributed by atoms with Gasteiger partial charge in [-0.05, 0) is 48.9 Å². The number of nitrogens with zero attached hydrogens (tertiary/aromatic N) is 2. The van der Waals surface area contributed by atoms with Crippen molar-refractivity contribution in [3.05, 3.63) is 77.5 Å². The summed E-state index contributed by atoms with van der Waals surface area (Å²) in [4.78, 5) is 25.9. The third kappa shape index (κ3) is 4.41. The van der Waals surface area contributed by atoms with Crippen molar-refractivity contribution in [2.24, 2.45) is 0 Å². The van der Waals surface area contributed by atoms with Gasteiger partial charge in [0, 0.05) is 24.2 Å². The van der Waals surface area contributed by atoms with Crippen LogP contribution in [0.15, 0.2) is 59.2 Å². The summed E-state index contributed by atoms with van der Waals surface area (Å²) in [6.45, 7) is 0.535. The highest BCUT2D eigenvalue weighted by atomic mass is 19.1. The molecule has 31 heavy (non-hydrogen) atoms. The fraction of sp³-hybridized carbons (Fsp3) is 0.174. The number of furan rings is 1. The molecule has 156 valence electrons. The molecule has 0 radical (unpaired) electrons. The summed E-state index contributed by atoms with van der Waals surface area (Å²) < 4.78 is 25.4. The van der Waals surface area contributed by atoms with Gasteiger partial charge in [-0.25, -0.2) is 4.39 Å². The van der Waals surface area contributed by atoms with Crippen LogP contribution in [-0.2, 0) is 11.4 Å². The Balaban J connectivity index is 1.44. The lowest BCUT2D eigenvalue weighted by molar-refractivity contribution is -0.117. The number of carbonyl (C=O) groups excluding carboxylic acids is 2. The van der Waals surface area contributed by atoms with Gasteiger partial charge in [0.15, 0.2) is 5.76 Å². The minimum Gasteiger partial charge on any atom is -0.489 e. The molecule has 7 nitrogen and oxygen atoms in total. The Morgan fingerprint density at radius 2 is 2.13 bits per heavy atom. The number of nitrogens with one attached hydrogen (secondary N) is 1. The fourth-order valence-electron chi connectivity index (χ4n) is 3.36. The van der Waals surface area contributed by atoms with E-state index in [2.05, 4.69) is 5.32 Å². The van der Waals surface area contributed by atoms with E-state index in [1.165, 1.54) is 29.4 Å². The summed E-state index contributed by atoms with van der Waals surface area (Å²) in [5.74, 6) is -0.736. The molecule has 0 unspecified atom stereocenters. The zero-order chi connectivity index (χ0) is 21.8. The molecule has 0 spiro atoms. The summed E-state index contributed by atoms with van der Waals surface area (Å²) in [7, 11) is 0. The lowest BCUT2D eigenvalue weighted by atomic mass is 10.2. The van der Waals surface area contributed by atoms with E-state index in [0.29, 0.717) is 36.3 Å². The van der Waals surface area contributed by atoms with Gasteiger partial charge in [-0.3, -0.25) is 9.59 Å². The first-order chi connectivity index (χ1) is 15.0. The Morgan fingerprint density at radius 1 is 1.26 bits per heavy atom. The molecule has 4 rings (SSSR count). The summed E-state index contributed by atoms with van der Waals surface area (Å²) in [6.07, 6.45) is 2.46. The Hall–Kier alpha value is -4.12. The molecule has 1 N–H and O–H groups in total. The van der Waals surface area contributed by atoms with Crippen molar-refractivity contribution in [2.45, 2.75) is 19.4 Å². The summed E-state index contributed by atoms with van der Waals surface area (Å²) in [5, 5.41) is 11.6. The second kappa shape index (κ2) is 8.71. The van der Waals surface area contributed by atoms with Gasteiger partial charge in [0.05, 0.1) is 23.6 Å². The van der Waals surface area contributed by atoms with Crippen LogP contribution in [0.1, 0.15) is 34.5 Å². The Labute approximate surface area is 177 Å². The molecule has 1 saturated heterocycles. The number of halogens is 1. The van der Waals surface area contributed by atoms with Gasteiger partial charge in [0.1, 0.15) is 18.2 Å². The van der Waals surface area contributed by atoms with Crippen molar-refractivity contribution in [2.75, 3.05) is 16.8 Å². The molecule has 8 heteroatoms. The molecule has 2 aromatic carbocycles. The van der Waals surface area contributed by atoms with E-state index >= 15 is 0 Å². The predicted molar refractivity (Wildman–Crippen MR) is 110 cm³/mol. The first-order valence-electron chi connectivity index (χ1n) is 9.66. The number of ether oxygens (including phenoxy) is 1. The number of anilines is 2. The number of rotatable bonds is 6. The third-order valence-electron chi connectivity index (χ3n) is 4.88. The Kier molecular flexibility index (Phi) is 5.67. The van der Waals surface area contributed by atoms with E-state index in [4.69, 9.17) is 14.4 Å². The lowest BCUT2D eigenvalue weighted by Gasteiger charge is -2.17. The van der Waals surface area contributed by atoms with Crippen molar-refractivity contribution >= 4 is 23.2 Å². The van der Waals surface area contributed by atoms with Crippen molar-refractivity contribution in [1.29, 1.82) is 5.26 Å². The van der Waals surface area contributed by atoms with Crippen molar-refractivity contribution in [3.63, 3.8) is 0 Å². The van der Waals surface area contributed by atoms with Gasteiger partial charge in [-0.1, -0.05) is 6.07 Å². The molecule has 0 bridgehead atoms. The van der Waals surface area contributed by atoms with E-state index < -0.39 is 11.7 Å². The molecule has 1 aromatic heterocycles. The smallest absolute Gasteiger partial charge is 0.291 e. The van der Waals surface area contributed by atoms with Crippen LogP contribution in [0.5, 0.6) is 5.75 Å². The highest BCUT2D eigenvalue weighted by Gasteiger charge is 2.24. The fourth-order valence-corrected chi connectivity index (χ4v) is 3.36. The largest absolute Gasteiger partial charge is 0.489 e. The zero-order valence-electron chi connectivity index (χ0n) is 16.4. The van der Waals surface area contributed by atoms with E-state index in [1.807, 2.05) is 6.07 Å². The minimum absolute atomic E-state index is 0.0376. The number of amides is 2. The second-order valence-electron chi connectivity index (χ2n) is 6.97. The normalized spacial score (nSPS) is 13.2. The SMILES string of the molecule is N#Cc1cccc(OCc2ccoc2C(=O)Nc2ccc(N3CCCC3=O)c(F)c2)c1. The molecule has 0 saturated carbocycles. The lowest BCUT2D eigenvalue weighted by Crippen LogP contribution is -2.24. The second-order valence-corrected chi connectivity index (χ2v) is 6.97. The molecule has 0 atom stereocenters. The maximum absolute atomic E-state index is 14.5. The first-order valence-corrected chi connectivity index (χ1v) is 9.66. The Morgan fingerprint density at radius 3 is 2.87 bits per heavy atom. The zero-order valence-corrected chi connectivity index (χ0v) is 16.4. The van der Waals surface area contributed by atoms with E-state index in [0.717, 1.165) is 0 Å². The van der Waals surface area contributed by atoms with E-state index in [-0.39, 0.29) is 29.6 Å². The molecule has 2 amide bonds. The van der Waals surface area contributed by atoms with Crippen LogP contribution in [0.3, 0.4) is 0 Å². The van der Waals surface area contributed by atoms with Gasteiger partial charge in [-0.15, -0.1) is 0 Å². The molecule has 3 aromatic rings. The van der Waals surface area contributed by atoms with Crippen molar-refractivity contribution in [1.82, 2.24) is 0 Å². The average Bonchev–Trinajstić information content (AvgIpc) is 3.41. The number of hydrogen-bond donors (Lipinski definition) is 1. The summed E-state index contributed by atoms with van der Waals surface area (Å²) >= 11 is 0. The van der Waals surface area contributed by atoms with Crippen LogP contribution in [0.25, 0.3) is 0 Å². The Bertz CT molecular complexity index is 1180. The van der Waals surface area contributed by atoms with Crippen LogP contribution in [-0.4, -0.2) is 18.4 Å². The average molecular weight is 419 g/mol. The molecule has 1 fully saturated rings. The van der Waals surface area contributed by atoms with Gasteiger partial charge in [0.25, 0.3) is 5.91 Å². The topological polar surface area (TPSA) is 95.6 Å². The van der Waals surface area contributed by atoms with Crippen LogP contribution in [0.4, 0.5) is 15.8 Å². The molecule has 1 aliphatic heterocycles. The molecular formula is C23H18FN3O4. The maximum atomic E-state index is 14.5. The number of carbonyl (C=O) groups is 2. The van der Waals surface area contributed by atoms with Crippen LogP contribution in [0.2, 0.25) is 0 Å². The molecular weight excluding hydrogens is 401 g/mol. The quantitative estimate of drug-likeness (QED) is 0.645. The number of nitriles is 1. The highest BCUT2D eigenvalue weighted by molar-refractivity contribution is 6.03. The monoisotopic (exact) mass is 419 g/mol. The van der Waals surface area contributed by atoms with Crippen LogP contribution in [0, 0.1) is 17.1 Å². The van der Waals surface area contributed by atoms with E-state index in [9.17, 15) is 14.0 Å². The van der Waals surface area contributed by atoms with Crippen molar-refractivity contribution in [3.8, 4) is 11.8 Å². The molecule has 0 aliphatic carbocycles. The van der Waals surface area contributed by atoms with Gasteiger partial charge in [0.2, 0.25) is 5.91 Å². The third-order valence-corrected chi connectivity index (χ3v) is 4.88. The summed E-state index contributed by atoms with van der Waals surface area (Å²) in [6, 6.07) is 14.5. The van der Waals surface area contributed by atoms with Crippen LogP contribution < -0.4 is 15.0 Å².